The molecule has 0 spiro atoms. The largest absolute Gasteiger partial charge is 0.478 e. The predicted molar refractivity (Wildman–Crippen MR) is 80.2 cm³/mol. The average Bonchev–Trinajstić information content (AvgIpc) is 3.11. The number of thiophene rings is 1. The number of aliphatic carboxylic acids is 1. The van der Waals surface area contributed by atoms with E-state index in [4.69, 9.17) is 9.52 Å². The monoisotopic (exact) mass is 305 g/mol. The van der Waals surface area contributed by atoms with E-state index < -0.39 is 5.97 Å². The summed E-state index contributed by atoms with van der Waals surface area (Å²) < 4.78 is 5.22. The van der Waals surface area contributed by atoms with Crippen LogP contribution in [-0.2, 0) is 17.8 Å². The quantitative estimate of drug-likeness (QED) is 0.804. The molecule has 2 heterocycles. The van der Waals surface area contributed by atoms with Crippen LogP contribution in [0.2, 0.25) is 0 Å². The van der Waals surface area contributed by atoms with Gasteiger partial charge in [0.2, 0.25) is 0 Å². The van der Waals surface area contributed by atoms with E-state index in [1.807, 2.05) is 19.1 Å². The molecule has 0 unspecified atom stereocenters. The molecule has 21 heavy (non-hydrogen) atoms. The fourth-order valence-electron chi connectivity index (χ4n) is 1.81. The number of amides is 1. The summed E-state index contributed by atoms with van der Waals surface area (Å²) in [6, 6.07) is 5.34. The minimum Gasteiger partial charge on any atom is -0.478 e. The fraction of sp³-hybridized carbons (Fsp3) is 0.200. The molecule has 110 valence electrons. The average molecular weight is 305 g/mol. The topological polar surface area (TPSA) is 79.5 Å². The Morgan fingerprint density at radius 2 is 2.19 bits per heavy atom. The number of hydrogen-bond donors (Lipinski definition) is 2. The second kappa shape index (κ2) is 6.90. The molecule has 0 aliphatic heterocycles. The van der Waals surface area contributed by atoms with Gasteiger partial charge in [0, 0.05) is 22.3 Å². The van der Waals surface area contributed by atoms with Crippen molar-refractivity contribution < 1.29 is 19.1 Å². The minimum atomic E-state index is -0.981. The first-order valence-electron chi connectivity index (χ1n) is 6.44. The summed E-state index contributed by atoms with van der Waals surface area (Å²) in [5.41, 5.74) is 0.556. The molecular weight excluding hydrogens is 290 g/mol. The van der Waals surface area contributed by atoms with Crippen molar-refractivity contribution in [3.63, 3.8) is 0 Å². The normalized spacial score (nSPS) is 10.9. The Kier molecular flexibility index (Phi) is 4.94. The molecule has 5 nitrogen and oxygen atoms in total. The number of nitrogens with one attached hydrogen (secondary N) is 1. The van der Waals surface area contributed by atoms with Gasteiger partial charge >= 0.3 is 5.97 Å². The van der Waals surface area contributed by atoms with Gasteiger partial charge in [0.15, 0.2) is 0 Å². The van der Waals surface area contributed by atoms with E-state index in [0.29, 0.717) is 24.3 Å². The molecule has 0 aromatic carbocycles. The van der Waals surface area contributed by atoms with E-state index in [9.17, 15) is 9.59 Å². The van der Waals surface area contributed by atoms with Gasteiger partial charge < -0.3 is 14.8 Å². The van der Waals surface area contributed by atoms with Crippen molar-refractivity contribution in [2.24, 2.45) is 0 Å². The molecule has 2 rings (SSSR count). The number of carbonyl (C=O) groups is 2. The molecule has 6 heteroatoms. The van der Waals surface area contributed by atoms with Crippen LogP contribution < -0.4 is 5.32 Å². The van der Waals surface area contributed by atoms with E-state index >= 15 is 0 Å². The molecule has 2 aromatic rings. The van der Waals surface area contributed by atoms with Crippen LogP contribution in [0.5, 0.6) is 0 Å². The molecular formula is C15H15NO4S. The third-order valence-corrected chi connectivity index (χ3v) is 3.86. The number of carboxylic acids is 1. The van der Waals surface area contributed by atoms with Gasteiger partial charge in [0.05, 0.1) is 18.4 Å². The van der Waals surface area contributed by atoms with Crippen LogP contribution in [0.25, 0.3) is 6.08 Å². The van der Waals surface area contributed by atoms with E-state index in [1.165, 1.54) is 23.7 Å². The summed E-state index contributed by atoms with van der Waals surface area (Å²) in [5.74, 6) is -0.481. The molecule has 0 radical (unpaired) electrons. The summed E-state index contributed by atoms with van der Waals surface area (Å²) in [4.78, 5) is 24.2. The van der Waals surface area contributed by atoms with Gasteiger partial charge in [0.25, 0.3) is 5.91 Å². The molecule has 0 atom stereocenters. The van der Waals surface area contributed by atoms with Crippen LogP contribution in [0.4, 0.5) is 0 Å². The molecule has 0 aliphatic carbocycles. The first-order chi connectivity index (χ1) is 10.1. The van der Waals surface area contributed by atoms with Gasteiger partial charge in [-0.2, -0.15) is 0 Å². The number of aryl methyl sites for hydroxylation is 1. The van der Waals surface area contributed by atoms with Crippen molar-refractivity contribution in [1.82, 2.24) is 5.32 Å². The molecule has 0 fully saturated rings. The molecule has 0 bridgehead atoms. The zero-order chi connectivity index (χ0) is 15.2. The van der Waals surface area contributed by atoms with Crippen LogP contribution >= 0.6 is 11.3 Å². The Morgan fingerprint density at radius 1 is 1.38 bits per heavy atom. The highest BCUT2D eigenvalue weighted by molar-refractivity contribution is 7.12. The Bertz CT molecular complexity index is 669. The second-order valence-corrected chi connectivity index (χ2v) is 5.47. The molecule has 2 N–H and O–H groups in total. The molecule has 0 saturated heterocycles. The molecule has 0 aliphatic rings. The van der Waals surface area contributed by atoms with Gasteiger partial charge in [-0.15, -0.1) is 11.3 Å². The maximum atomic E-state index is 12.0. The van der Waals surface area contributed by atoms with Crippen LogP contribution in [0, 0.1) is 0 Å². The lowest BCUT2D eigenvalue weighted by Gasteiger charge is -2.02. The molecule has 1 amide bonds. The Morgan fingerprint density at radius 3 is 2.90 bits per heavy atom. The van der Waals surface area contributed by atoms with Crippen LogP contribution in [-0.4, -0.2) is 17.0 Å². The van der Waals surface area contributed by atoms with Gasteiger partial charge in [-0.25, -0.2) is 4.79 Å². The summed E-state index contributed by atoms with van der Waals surface area (Å²) in [7, 11) is 0. The maximum absolute atomic E-state index is 12.0. The van der Waals surface area contributed by atoms with Crippen molar-refractivity contribution in [3.8, 4) is 0 Å². The Labute approximate surface area is 125 Å². The van der Waals surface area contributed by atoms with Crippen LogP contribution in [0.1, 0.15) is 32.8 Å². The van der Waals surface area contributed by atoms with Crippen molar-refractivity contribution in [2.45, 2.75) is 19.9 Å². The van der Waals surface area contributed by atoms with E-state index in [2.05, 4.69) is 5.32 Å². The SMILES string of the molecule is CCc1occc1C(=O)NCc1ccc(/C=C/C(=O)O)s1. The van der Waals surface area contributed by atoms with Crippen molar-refractivity contribution >= 4 is 29.3 Å². The lowest BCUT2D eigenvalue weighted by molar-refractivity contribution is -0.131. The zero-order valence-corrected chi connectivity index (χ0v) is 12.3. The molecule has 2 aromatic heterocycles. The summed E-state index contributed by atoms with van der Waals surface area (Å²) in [6.07, 6.45) is 4.79. The van der Waals surface area contributed by atoms with Gasteiger partial charge in [-0.1, -0.05) is 6.92 Å². The summed E-state index contributed by atoms with van der Waals surface area (Å²) in [5, 5.41) is 11.4. The highest BCUT2D eigenvalue weighted by Gasteiger charge is 2.12. The summed E-state index contributed by atoms with van der Waals surface area (Å²) >= 11 is 1.44. The lowest BCUT2D eigenvalue weighted by atomic mass is 10.2. The molecule has 0 saturated carbocycles. The van der Waals surface area contributed by atoms with E-state index in [1.54, 1.807) is 6.07 Å². The van der Waals surface area contributed by atoms with Gasteiger partial charge in [-0.05, 0) is 24.3 Å². The predicted octanol–water partition coefficient (Wildman–Crippen LogP) is 2.93. The lowest BCUT2D eigenvalue weighted by Crippen LogP contribution is -2.22. The van der Waals surface area contributed by atoms with Gasteiger partial charge in [0.1, 0.15) is 5.76 Å². The van der Waals surface area contributed by atoms with E-state index in [0.717, 1.165) is 15.8 Å². The smallest absolute Gasteiger partial charge is 0.328 e. The Hall–Kier alpha value is -2.34. The number of hydrogen-bond acceptors (Lipinski definition) is 4. The summed E-state index contributed by atoms with van der Waals surface area (Å²) in [6.45, 7) is 2.33. The number of carboxylic acid groups (broad SMARTS) is 1. The van der Waals surface area contributed by atoms with Crippen molar-refractivity contribution in [1.29, 1.82) is 0 Å². The van der Waals surface area contributed by atoms with Crippen molar-refractivity contribution in [2.75, 3.05) is 0 Å². The minimum absolute atomic E-state index is 0.170. The third-order valence-electron chi connectivity index (χ3n) is 2.81. The first kappa shape index (κ1) is 15.1. The highest BCUT2D eigenvalue weighted by Crippen LogP contribution is 2.18. The number of carbonyl (C=O) groups excluding carboxylic acids is 1. The van der Waals surface area contributed by atoms with Crippen LogP contribution in [0.15, 0.2) is 35.0 Å². The fourth-order valence-corrected chi connectivity index (χ4v) is 2.67. The van der Waals surface area contributed by atoms with Crippen molar-refractivity contribution in [3.05, 3.63) is 51.6 Å². The third kappa shape index (κ3) is 4.06. The second-order valence-electron chi connectivity index (χ2n) is 4.27. The zero-order valence-electron chi connectivity index (χ0n) is 11.5. The first-order valence-corrected chi connectivity index (χ1v) is 7.26. The number of rotatable bonds is 6. The number of furan rings is 1. The Balaban J connectivity index is 1.94. The maximum Gasteiger partial charge on any atom is 0.328 e. The van der Waals surface area contributed by atoms with Crippen LogP contribution in [0.3, 0.4) is 0 Å². The van der Waals surface area contributed by atoms with Gasteiger partial charge in [-0.3, -0.25) is 4.79 Å². The standard InChI is InChI=1S/C15H15NO4S/c1-2-13-12(7-8-20-13)15(19)16-9-11-4-3-10(21-11)5-6-14(17)18/h3-8H,2,9H2,1H3,(H,16,19)(H,17,18)/b6-5+. The highest BCUT2D eigenvalue weighted by atomic mass is 32.1. The van der Waals surface area contributed by atoms with E-state index in [-0.39, 0.29) is 5.91 Å².